The van der Waals surface area contributed by atoms with Crippen molar-refractivity contribution in [2.45, 2.75) is 53.4 Å². The minimum Gasteiger partial charge on any atom is -1.00 e. The van der Waals surface area contributed by atoms with Crippen LogP contribution in [0, 0.1) is 26.0 Å². The van der Waals surface area contributed by atoms with E-state index in [1.807, 2.05) is 0 Å². The van der Waals surface area contributed by atoms with E-state index in [0.717, 1.165) is 25.7 Å². The van der Waals surface area contributed by atoms with Gasteiger partial charge in [0.2, 0.25) is 0 Å². The molecular formula is C28H30Cl2Zr. The summed E-state index contributed by atoms with van der Waals surface area (Å²) in [4.78, 5) is 0. The van der Waals surface area contributed by atoms with Crippen molar-refractivity contribution in [2.24, 2.45) is 0 Å². The first kappa shape index (κ1) is 29.9. The predicted molar refractivity (Wildman–Crippen MR) is 122 cm³/mol. The molecule has 0 atom stereocenters. The van der Waals surface area contributed by atoms with Crippen molar-refractivity contribution in [3.63, 3.8) is 0 Å². The first-order chi connectivity index (χ1) is 13.7. The number of rotatable bonds is 4. The molecule has 4 rings (SSSR count). The summed E-state index contributed by atoms with van der Waals surface area (Å²) in [6.45, 7) is 8.74. The molecule has 0 radical (unpaired) electrons. The summed E-state index contributed by atoms with van der Waals surface area (Å²) in [7, 11) is 0. The Morgan fingerprint density at radius 3 is 1.32 bits per heavy atom. The van der Waals surface area contributed by atoms with Crippen LogP contribution in [0.3, 0.4) is 0 Å². The summed E-state index contributed by atoms with van der Waals surface area (Å²) in [6.07, 6.45) is 15.6. The molecule has 3 heteroatoms. The molecule has 0 nitrogen and oxygen atoms in total. The molecule has 160 valence electrons. The minimum absolute atomic E-state index is 0. The van der Waals surface area contributed by atoms with Gasteiger partial charge in [0, 0.05) is 0 Å². The molecular weight excluding hydrogens is 498 g/mol. The van der Waals surface area contributed by atoms with Gasteiger partial charge in [0.05, 0.1) is 0 Å². The zero-order chi connectivity index (χ0) is 19.9. The molecule has 31 heavy (non-hydrogen) atoms. The molecule has 0 saturated carbocycles. The van der Waals surface area contributed by atoms with Crippen molar-refractivity contribution >= 4 is 11.1 Å². The second-order valence-corrected chi connectivity index (χ2v) is 7.31. The molecule has 0 aliphatic heterocycles. The van der Waals surface area contributed by atoms with Crippen molar-refractivity contribution in [2.75, 3.05) is 0 Å². The van der Waals surface area contributed by atoms with E-state index in [1.54, 1.807) is 0 Å². The van der Waals surface area contributed by atoms with Crippen LogP contribution in [0.5, 0.6) is 0 Å². The second-order valence-electron chi connectivity index (χ2n) is 7.31. The van der Waals surface area contributed by atoms with Gasteiger partial charge in [-0.15, -0.1) is 35.4 Å². The fourth-order valence-electron chi connectivity index (χ4n) is 3.87. The van der Waals surface area contributed by atoms with Crippen LogP contribution in [0.4, 0.5) is 0 Å². The molecule has 0 amide bonds. The molecule has 2 aliphatic rings. The smallest absolute Gasteiger partial charge is 1.00 e. The Hall–Kier alpha value is -1.14. The van der Waals surface area contributed by atoms with Crippen molar-refractivity contribution in [3.8, 4) is 0 Å². The van der Waals surface area contributed by atoms with E-state index in [4.69, 9.17) is 0 Å². The van der Waals surface area contributed by atoms with Gasteiger partial charge in [-0.25, -0.2) is 0 Å². The first-order valence-electron chi connectivity index (χ1n) is 10.4. The molecule has 0 N–H and O–H groups in total. The maximum Gasteiger partial charge on any atom is 4.00 e. The summed E-state index contributed by atoms with van der Waals surface area (Å²) in [5.74, 6) is 0. The Bertz CT molecular complexity index is 885. The van der Waals surface area contributed by atoms with E-state index < -0.39 is 0 Å². The largest absolute Gasteiger partial charge is 4.00 e. The number of hydrogen-bond donors (Lipinski definition) is 0. The van der Waals surface area contributed by atoms with Crippen LogP contribution in [0.1, 0.15) is 61.8 Å². The van der Waals surface area contributed by atoms with Crippen LogP contribution >= 0.6 is 0 Å². The van der Waals surface area contributed by atoms with Crippen LogP contribution in [-0.2, 0) is 26.2 Å². The van der Waals surface area contributed by atoms with Crippen LogP contribution in [0.2, 0.25) is 0 Å². The maximum absolute atomic E-state index is 3.44. The average molecular weight is 529 g/mol. The van der Waals surface area contributed by atoms with Gasteiger partial charge in [0.25, 0.3) is 0 Å². The number of hydrogen-bond acceptors (Lipinski definition) is 0. The summed E-state index contributed by atoms with van der Waals surface area (Å²) in [6, 6.07) is 17.1. The first-order valence-corrected chi connectivity index (χ1v) is 10.4. The van der Waals surface area contributed by atoms with Crippen molar-refractivity contribution in [3.05, 3.63) is 106 Å². The van der Waals surface area contributed by atoms with Gasteiger partial charge in [-0.2, -0.15) is 34.4 Å². The fraction of sp³-hybridized carbons (Fsp3) is 0.286. The van der Waals surface area contributed by atoms with Crippen molar-refractivity contribution in [1.29, 1.82) is 0 Å². The van der Waals surface area contributed by atoms with Crippen LogP contribution in [0.15, 0.2) is 71.8 Å². The third-order valence-corrected chi connectivity index (χ3v) is 5.49. The van der Waals surface area contributed by atoms with Gasteiger partial charge in [0.1, 0.15) is 0 Å². The summed E-state index contributed by atoms with van der Waals surface area (Å²) >= 11 is 0. The molecule has 0 saturated heterocycles. The topological polar surface area (TPSA) is 0 Å². The molecule has 0 unspecified atom stereocenters. The zero-order valence-corrected chi connectivity index (χ0v) is 22.8. The molecule has 0 bridgehead atoms. The fourth-order valence-corrected chi connectivity index (χ4v) is 3.87. The number of allylic oxidation sites excluding steroid dienone is 8. The standard InChI is InChI=1S/2C14H15.2ClH.Zr/c2*1-3-12-8-6-10-14(12)13-9-5-4-7-11(13)2;;;/h2*4-5,7-9H,3,6H2,1-2H3;2*1H;/q2*-1;;;+4/p-2. The molecule has 0 heterocycles. The van der Waals surface area contributed by atoms with Crippen LogP contribution in [0.25, 0.3) is 11.1 Å². The molecule has 0 spiro atoms. The third-order valence-electron chi connectivity index (χ3n) is 5.49. The normalized spacial score (nSPS) is 13.8. The number of benzene rings is 2. The quantitative estimate of drug-likeness (QED) is 0.532. The molecule has 2 aromatic carbocycles. The summed E-state index contributed by atoms with van der Waals surface area (Å²) in [5.41, 5.74) is 10.9. The van der Waals surface area contributed by atoms with Crippen LogP contribution in [-0.4, -0.2) is 0 Å². The number of halogens is 2. The predicted octanol–water partition coefficient (Wildman–Crippen LogP) is 1.85. The van der Waals surface area contributed by atoms with Gasteiger partial charge < -0.3 is 24.8 Å². The van der Waals surface area contributed by atoms with Gasteiger partial charge in [-0.1, -0.05) is 101 Å². The zero-order valence-electron chi connectivity index (χ0n) is 18.9. The average Bonchev–Trinajstić information content (AvgIpc) is 3.38. The van der Waals surface area contributed by atoms with Gasteiger partial charge in [0.15, 0.2) is 0 Å². The molecule has 2 aromatic rings. The second kappa shape index (κ2) is 14.8. The Morgan fingerprint density at radius 2 is 1.00 bits per heavy atom. The van der Waals surface area contributed by atoms with E-state index in [9.17, 15) is 0 Å². The van der Waals surface area contributed by atoms with Crippen molar-refractivity contribution in [1.82, 2.24) is 0 Å². The van der Waals surface area contributed by atoms with E-state index in [2.05, 4.69) is 101 Å². The Labute approximate surface area is 220 Å². The Balaban J connectivity index is 0.000000529. The molecule has 2 aliphatic carbocycles. The minimum atomic E-state index is 0. The van der Waals surface area contributed by atoms with Gasteiger partial charge in [-0.05, 0) is 0 Å². The SMILES string of the molecule is CCC1=CC[C-]=C1c1ccccc1C.CCC1=CC[C-]=C1c1ccccc1C.[Cl-].[Cl-].[Zr+4]. The van der Waals surface area contributed by atoms with E-state index in [0.29, 0.717) is 0 Å². The summed E-state index contributed by atoms with van der Waals surface area (Å²) in [5, 5.41) is 0. The van der Waals surface area contributed by atoms with Gasteiger partial charge in [-0.3, -0.25) is 0 Å². The number of aryl methyl sites for hydroxylation is 2. The third kappa shape index (κ3) is 7.45. The maximum atomic E-state index is 3.44. The summed E-state index contributed by atoms with van der Waals surface area (Å²) < 4.78 is 0. The van der Waals surface area contributed by atoms with Gasteiger partial charge >= 0.3 is 26.2 Å². The van der Waals surface area contributed by atoms with E-state index in [-0.39, 0.29) is 51.0 Å². The van der Waals surface area contributed by atoms with Crippen molar-refractivity contribution < 1.29 is 51.0 Å². The van der Waals surface area contributed by atoms with E-state index in [1.165, 1.54) is 44.5 Å². The molecule has 0 aromatic heterocycles. The Morgan fingerprint density at radius 1 is 0.645 bits per heavy atom. The molecule has 0 fully saturated rings. The van der Waals surface area contributed by atoms with Crippen LogP contribution < -0.4 is 24.8 Å². The monoisotopic (exact) mass is 526 g/mol. The Kier molecular flexibility index (Phi) is 14.3. The van der Waals surface area contributed by atoms with E-state index >= 15 is 0 Å².